The summed E-state index contributed by atoms with van der Waals surface area (Å²) in [5.74, 6) is 0. The summed E-state index contributed by atoms with van der Waals surface area (Å²) < 4.78 is 0. The average Bonchev–Trinajstić information content (AvgIpc) is 2.74. The highest BCUT2D eigenvalue weighted by molar-refractivity contribution is 7.09. The summed E-state index contributed by atoms with van der Waals surface area (Å²) in [5, 5.41) is 3.96. The van der Waals surface area contributed by atoms with Crippen LogP contribution in [0.25, 0.3) is 11.3 Å². The molecule has 0 unspecified atom stereocenters. The molecule has 0 aliphatic rings. The van der Waals surface area contributed by atoms with Crippen LogP contribution in [0.2, 0.25) is 15.1 Å². The van der Waals surface area contributed by atoms with Crippen LogP contribution in [-0.4, -0.2) is 4.98 Å². The number of rotatable bonds is 2. The van der Waals surface area contributed by atoms with Crippen LogP contribution >= 0.6 is 46.1 Å². The van der Waals surface area contributed by atoms with Gasteiger partial charge in [-0.25, -0.2) is 4.98 Å². The molecule has 0 amide bonds. The van der Waals surface area contributed by atoms with Crippen LogP contribution in [0.3, 0.4) is 0 Å². The summed E-state index contributed by atoms with van der Waals surface area (Å²) >= 11 is 19.4. The second kappa shape index (κ2) is 4.90. The number of nitrogens with zero attached hydrogens (tertiary/aromatic N) is 1. The first kappa shape index (κ1) is 12.1. The topological polar surface area (TPSA) is 38.9 Å². The number of thiazole rings is 1. The molecule has 0 spiro atoms. The number of aromatic nitrogens is 1. The summed E-state index contributed by atoms with van der Waals surface area (Å²) in [5.41, 5.74) is 7.04. The normalized spacial score (nSPS) is 10.8. The molecular weight excluding hydrogens is 287 g/mol. The number of hydrogen-bond donors (Lipinski definition) is 1. The maximum atomic E-state index is 6.10. The fourth-order valence-electron chi connectivity index (χ4n) is 1.25. The molecule has 84 valence electrons. The maximum absolute atomic E-state index is 6.10. The minimum atomic E-state index is 0.350. The predicted octanol–water partition coefficient (Wildman–Crippen LogP) is 4.23. The van der Waals surface area contributed by atoms with Crippen molar-refractivity contribution < 1.29 is 0 Å². The Balaban J connectivity index is 2.52. The Morgan fingerprint density at radius 2 is 1.94 bits per heavy atom. The Hall–Kier alpha value is -0.320. The van der Waals surface area contributed by atoms with E-state index in [1.54, 1.807) is 12.1 Å². The van der Waals surface area contributed by atoms with Crippen LogP contribution in [0.5, 0.6) is 0 Å². The van der Waals surface area contributed by atoms with Gasteiger partial charge in [0.25, 0.3) is 0 Å². The maximum Gasteiger partial charge on any atom is 0.107 e. The number of hydrogen-bond acceptors (Lipinski definition) is 3. The lowest BCUT2D eigenvalue weighted by Crippen LogP contribution is -1.94. The summed E-state index contributed by atoms with van der Waals surface area (Å²) in [6.45, 7) is 0.420. The zero-order chi connectivity index (χ0) is 11.7. The third-order valence-corrected chi connectivity index (χ3v) is 4.20. The van der Waals surface area contributed by atoms with Gasteiger partial charge in [0.2, 0.25) is 0 Å². The minimum absolute atomic E-state index is 0.350. The molecule has 0 saturated carbocycles. The molecular formula is C10H7Cl3N2S. The molecule has 0 fully saturated rings. The van der Waals surface area contributed by atoms with E-state index in [1.807, 2.05) is 5.38 Å². The molecule has 2 aromatic rings. The van der Waals surface area contributed by atoms with Crippen LogP contribution in [0, 0.1) is 0 Å². The van der Waals surface area contributed by atoms with E-state index in [1.165, 1.54) is 11.3 Å². The SMILES string of the molecule is NCc1nc(-c2ccc(Cl)c(Cl)c2Cl)cs1. The van der Waals surface area contributed by atoms with Crippen molar-refractivity contribution in [3.63, 3.8) is 0 Å². The molecule has 0 aliphatic heterocycles. The van der Waals surface area contributed by atoms with Crippen molar-refractivity contribution in [1.82, 2.24) is 4.98 Å². The molecule has 2 N–H and O–H groups in total. The third-order valence-electron chi connectivity index (χ3n) is 2.04. The Kier molecular flexibility index (Phi) is 3.72. The highest BCUT2D eigenvalue weighted by Gasteiger charge is 2.12. The zero-order valence-corrected chi connectivity index (χ0v) is 11.1. The minimum Gasteiger partial charge on any atom is -0.325 e. The van der Waals surface area contributed by atoms with Gasteiger partial charge >= 0.3 is 0 Å². The lowest BCUT2D eigenvalue weighted by molar-refractivity contribution is 1.04. The summed E-state index contributed by atoms with van der Waals surface area (Å²) in [6, 6.07) is 3.50. The van der Waals surface area contributed by atoms with Gasteiger partial charge in [0.1, 0.15) is 5.01 Å². The van der Waals surface area contributed by atoms with Crippen molar-refractivity contribution in [2.45, 2.75) is 6.54 Å². The summed E-state index contributed by atoms with van der Waals surface area (Å²) in [7, 11) is 0. The molecule has 1 aromatic carbocycles. The van der Waals surface area contributed by atoms with Gasteiger partial charge in [0.15, 0.2) is 0 Å². The van der Waals surface area contributed by atoms with Gasteiger partial charge < -0.3 is 5.73 Å². The van der Waals surface area contributed by atoms with Gasteiger partial charge in [-0.1, -0.05) is 34.8 Å². The first-order valence-electron chi connectivity index (χ1n) is 4.42. The first-order valence-corrected chi connectivity index (χ1v) is 6.43. The van der Waals surface area contributed by atoms with Crippen molar-refractivity contribution in [1.29, 1.82) is 0 Å². The van der Waals surface area contributed by atoms with Crippen LogP contribution in [0.15, 0.2) is 17.5 Å². The lowest BCUT2D eigenvalue weighted by Gasteiger charge is -2.04. The Morgan fingerprint density at radius 1 is 1.19 bits per heavy atom. The molecule has 0 aliphatic carbocycles. The van der Waals surface area contributed by atoms with Crippen LogP contribution in [-0.2, 0) is 6.54 Å². The molecule has 2 rings (SSSR count). The Labute approximate surface area is 112 Å². The van der Waals surface area contributed by atoms with E-state index in [2.05, 4.69) is 4.98 Å². The molecule has 0 saturated heterocycles. The van der Waals surface area contributed by atoms with E-state index >= 15 is 0 Å². The van der Waals surface area contributed by atoms with E-state index in [0.29, 0.717) is 21.6 Å². The molecule has 1 aromatic heterocycles. The third kappa shape index (κ3) is 2.19. The molecule has 0 atom stereocenters. The lowest BCUT2D eigenvalue weighted by atomic mass is 10.2. The van der Waals surface area contributed by atoms with Gasteiger partial charge in [0.05, 0.1) is 20.8 Å². The van der Waals surface area contributed by atoms with Crippen molar-refractivity contribution in [2.75, 3.05) is 0 Å². The smallest absolute Gasteiger partial charge is 0.107 e. The van der Waals surface area contributed by atoms with Gasteiger partial charge in [-0.3, -0.25) is 0 Å². The molecule has 1 heterocycles. The number of halogens is 3. The van der Waals surface area contributed by atoms with Gasteiger partial charge in [-0.15, -0.1) is 11.3 Å². The Bertz CT molecular complexity index is 525. The quantitative estimate of drug-likeness (QED) is 0.842. The van der Waals surface area contributed by atoms with E-state index in [9.17, 15) is 0 Å². The molecule has 0 bridgehead atoms. The number of benzene rings is 1. The fourth-order valence-corrected chi connectivity index (χ4v) is 2.56. The van der Waals surface area contributed by atoms with E-state index < -0.39 is 0 Å². The zero-order valence-electron chi connectivity index (χ0n) is 8.01. The van der Waals surface area contributed by atoms with Crippen molar-refractivity contribution >= 4 is 46.1 Å². The fraction of sp³-hybridized carbons (Fsp3) is 0.100. The van der Waals surface area contributed by atoms with Gasteiger partial charge in [0, 0.05) is 17.5 Å². The summed E-state index contributed by atoms with van der Waals surface area (Å²) in [4.78, 5) is 4.34. The number of nitrogens with two attached hydrogens (primary N) is 1. The molecule has 2 nitrogen and oxygen atoms in total. The van der Waals surface area contributed by atoms with Gasteiger partial charge in [-0.05, 0) is 12.1 Å². The monoisotopic (exact) mass is 292 g/mol. The predicted molar refractivity (Wildman–Crippen MR) is 70.5 cm³/mol. The van der Waals surface area contributed by atoms with E-state index in [0.717, 1.165) is 16.3 Å². The van der Waals surface area contributed by atoms with Crippen molar-refractivity contribution in [3.8, 4) is 11.3 Å². The highest BCUT2D eigenvalue weighted by atomic mass is 35.5. The highest BCUT2D eigenvalue weighted by Crippen LogP contribution is 2.38. The average molecular weight is 294 g/mol. The van der Waals surface area contributed by atoms with Crippen LogP contribution < -0.4 is 5.73 Å². The van der Waals surface area contributed by atoms with Crippen LogP contribution in [0.1, 0.15) is 5.01 Å². The molecule has 6 heteroatoms. The van der Waals surface area contributed by atoms with E-state index in [-0.39, 0.29) is 0 Å². The van der Waals surface area contributed by atoms with Crippen molar-refractivity contribution in [2.24, 2.45) is 5.73 Å². The van der Waals surface area contributed by atoms with Crippen LogP contribution in [0.4, 0.5) is 0 Å². The van der Waals surface area contributed by atoms with Crippen molar-refractivity contribution in [3.05, 3.63) is 37.6 Å². The van der Waals surface area contributed by atoms with E-state index in [4.69, 9.17) is 40.5 Å². The largest absolute Gasteiger partial charge is 0.325 e. The standard InChI is InChI=1S/C10H7Cl3N2S/c11-6-2-1-5(9(12)10(6)13)7-4-16-8(3-14)15-7/h1-2,4H,3,14H2. The molecule has 16 heavy (non-hydrogen) atoms. The second-order valence-corrected chi connectivity index (χ2v) is 5.16. The summed E-state index contributed by atoms with van der Waals surface area (Å²) in [6.07, 6.45) is 0. The van der Waals surface area contributed by atoms with Gasteiger partial charge in [-0.2, -0.15) is 0 Å². The second-order valence-electron chi connectivity index (χ2n) is 3.05. The Morgan fingerprint density at radius 3 is 2.56 bits per heavy atom. The first-order chi connectivity index (χ1) is 7.63. The molecule has 0 radical (unpaired) electrons.